The molecule has 27 nitrogen and oxygen atoms in total. The fraction of sp³-hybridized carbons (Fsp3) is 0.302. The maximum Gasteiger partial charge on any atom is 0.416 e. The van der Waals surface area contributed by atoms with Crippen molar-refractivity contribution < 1.29 is 100 Å². The van der Waals surface area contributed by atoms with E-state index < -0.39 is 55.1 Å². The monoisotopic (exact) mass is 1540 g/mol. The third-order valence-electron chi connectivity index (χ3n) is 20.3. The van der Waals surface area contributed by atoms with Crippen LogP contribution in [0.2, 0.25) is 0 Å². The van der Waals surface area contributed by atoms with Crippen molar-refractivity contribution in [1.29, 1.82) is 0 Å². The minimum absolute atomic E-state index is 0.0252. The lowest BCUT2D eigenvalue weighted by molar-refractivity contribution is 0.0175. The van der Waals surface area contributed by atoms with Gasteiger partial charge in [-0.25, -0.2) is 29.1 Å². The molecular weight excluding hydrogens is 1450 g/mol. The highest BCUT2D eigenvalue weighted by atomic mass is 16.6. The van der Waals surface area contributed by atoms with Crippen LogP contribution in [-0.2, 0) is 41.6 Å². The summed E-state index contributed by atoms with van der Waals surface area (Å²) in [4.78, 5) is 93.5. The first-order chi connectivity index (χ1) is 54.9. The molecule has 7 aromatic rings. The molecule has 0 bridgehead atoms. The van der Waals surface area contributed by atoms with E-state index in [9.17, 15) is 33.9 Å². The van der Waals surface area contributed by atoms with Crippen LogP contribution < -0.4 is 52.6 Å². The van der Waals surface area contributed by atoms with Crippen molar-refractivity contribution in [2.45, 2.75) is 69.3 Å². The molecule has 13 rings (SSSR count). The Morgan fingerprint density at radius 2 is 0.805 bits per heavy atom. The van der Waals surface area contributed by atoms with Crippen LogP contribution in [0, 0.1) is 0 Å². The molecule has 6 amide bonds. The molecule has 0 saturated heterocycles. The average molecular weight is 1540 g/mol. The van der Waals surface area contributed by atoms with Crippen molar-refractivity contribution in [3.63, 3.8) is 0 Å². The van der Waals surface area contributed by atoms with Crippen LogP contribution in [0.25, 0.3) is 16.7 Å². The third kappa shape index (κ3) is 16.5. The molecule has 1 N–H and O–H groups in total. The molecule has 0 fully saturated rings. The lowest BCUT2D eigenvalue weighted by atomic mass is 9.92. The fourth-order valence-corrected chi connectivity index (χ4v) is 14.8. The second-order valence-electron chi connectivity index (χ2n) is 26.6. The highest BCUT2D eigenvalue weighted by molar-refractivity contribution is 6.09. The highest BCUT2D eigenvalue weighted by Gasteiger charge is 2.49. The molecule has 0 spiro atoms. The zero-order valence-electron chi connectivity index (χ0n) is 64.3. The molecule has 0 aromatic heterocycles. The summed E-state index contributed by atoms with van der Waals surface area (Å²) < 4.78 is 80.5. The third-order valence-corrected chi connectivity index (χ3v) is 20.3. The number of phenols is 1. The van der Waals surface area contributed by atoms with Crippen molar-refractivity contribution in [1.82, 2.24) is 14.7 Å². The van der Waals surface area contributed by atoms with E-state index in [1.807, 2.05) is 115 Å². The zero-order valence-corrected chi connectivity index (χ0v) is 64.3. The number of amides is 6. The van der Waals surface area contributed by atoms with Gasteiger partial charge in [-0.1, -0.05) is 111 Å². The summed E-state index contributed by atoms with van der Waals surface area (Å²) in [7, 11) is 13.6. The Hall–Kier alpha value is -12.7. The largest absolute Gasteiger partial charge is 0.504 e. The van der Waals surface area contributed by atoms with Gasteiger partial charge in [0.15, 0.2) is 53.2 Å². The minimum atomic E-state index is -1.01. The smallest absolute Gasteiger partial charge is 0.416 e. The number of phenolic OH excluding ortho intramolecular Hbond substituents is 1. The summed E-state index contributed by atoms with van der Waals surface area (Å²) in [5.74, 6) is 2.11. The number of hydrogen-bond donors (Lipinski definition) is 1. The number of carbonyl (C=O) groups excluding carboxylic acids is 6. The van der Waals surface area contributed by atoms with Crippen molar-refractivity contribution in [2.75, 3.05) is 118 Å². The van der Waals surface area contributed by atoms with Crippen LogP contribution in [0.3, 0.4) is 0 Å². The molecule has 6 aliphatic heterocycles. The van der Waals surface area contributed by atoms with Gasteiger partial charge in [0.05, 0.1) is 94.5 Å². The Morgan fingerprint density at radius 3 is 1.19 bits per heavy atom. The van der Waals surface area contributed by atoms with Gasteiger partial charge in [-0.05, 0) is 124 Å². The van der Waals surface area contributed by atoms with E-state index in [2.05, 4.69) is 19.7 Å². The van der Waals surface area contributed by atoms with Gasteiger partial charge in [0.2, 0.25) is 0 Å². The molecule has 3 unspecified atom stereocenters. The predicted octanol–water partition coefficient (Wildman–Crippen LogP) is 13.5. The Kier molecular flexibility index (Phi) is 25.4. The first-order valence-corrected chi connectivity index (χ1v) is 36.3. The van der Waals surface area contributed by atoms with E-state index >= 15 is 0 Å². The molecule has 7 aromatic carbocycles. The van der Waals surface area contributed by atoms with Crippen LogP contribution in [0.4, 0.5) is 31.4 Å². The van der Waals surface area contributed by atoms with Gasteiger partial charge in [0.1, 0.15) is 50.3 Å². The van der Waals surface area contributed by atoms with Gasteiger partial charge in [-0.2, -0.15) is 0 Å². The highest BCUT2D eigenvalue weighted by Crippen LogP contribution is 2.47. The summed E-state index contributed by atoms with van der Waals surface area (Å²) in [6.07, 6.45) is 6.68. The van der Waals surface area contributed by atoms with Crippen molar-refractivity contribution in [3.05, 3.63) is 234 Å². The van der Waals surface area contributed by atoms with Crippen LogP contribution in [0.5, 0.6) is 51.7 Å². The molecule has 6 heterocycles. The van der Waals surface area contributed by atoms with Gasteiger partial charge in [0.25, 0.3) is 17.7 Å². The molecule has 6 atom stereocenters. The molecule has 0 aliphatic carbocycles. The SMILES string of the molecule is C=CCOC(=O)N1c2cc(O)c(OC)cc2C(=O)N2CC=C(c3ccc(OC)cc3)C[C@H]2C1OC.C=CCOC(=O)N1c2cc(OCc3cccc(COc4cc5c(cc4OC)C(=O)N4CCC(c6ccc(OC)cc6)=C[C@H]4C(OC)N5C(=O)OCC=C)c3)c(OC)cc2C(=O)N2CCC(c3ccc(OC)cc3)=C[C@H]2C1OC. The summed E-state index contributed by atoms with van der Waals surface area (Å²) in [6, 6.07) is 37.6. The second kappa shape index (κ2) is 36.0. The average Bonchev–Trinajstić information content (AvgIpc) is 1.62. The van der Waals surface area contributed by atoms with E-state index in [4.69, 9.17) is 66.3 Å². The zero-order chi connectivity index (χ0) is 80.1. The first kappa shape index (κ1) is 79.8. The number of aromatic hydroxyl groups is 1. The number of carbonyl (C=O) groups is 6. The quantitative estimate of drug-likeness (QED) is 0.0435. The summed E-state index contributed by atoms with van der Waals surface area (Å²) in [5, 5.41) is 10.5. The van der Waals surface area contributed by atoms with E-state index in [0.29, 0.717) is 50.4 Å². The summed E-state index contributed by atoms with van der Waals surface area (Å²) >= 11 is 0. The topological polar surface area (TPSA) is 271 Å². The number of fused-ring (bicyclic) bond motifs is 6. The lowest BCUT2D eigenvalue weighted by Gasteiger charge is -2.40. The number of methoxy groups -OCH3 is 9. The number of nitrogens with zero attached hydrogens (tertiary/aromatic N) is 6. The van der Waals surface area contributed by atoms with Gasteiger partial charge >= 0.3 is 18.3 Å². The van der Waals surface area contributed by atoms with Gasteiger partial charge in [-0.3, -0.25) is 14.4 Å². The minimum Gasteiger partial charge on any atom is -0.504 e. The molecule has 27 heteroatoms. The maximum atomic E-state index is 14.6. The number of benzene rings is 7. The standard InChI is InChI=1S/C60H62N4O14.C26H28N2O7/c1-9-26-75-59(67)63-47-33-53(51(71-5)31-45(47)55(65)61-24-22-41(29-49(61)57(63)73-7)39-14-18-43(69-3)19-15-39)77-35-37-12-11-13-38(28-37)36-78-54-34-48-46(32-52(54)72-6)56(66)62-25-23-42(40-16-20-44(70-4)21-17-40)30-50(62)58(74-8)64(48)60(68)76-27-10-2;1-5-12-35-26(31)28-20-15-22(29)23(33-3)14-19(20)24(30)27-11-10-17(13-21(27)25(28)34-4)16-6-8-18(32-2)9-7-16/h9-21,28-34,49-50,57-58H,1-2,22-27,35-36H2,3-8H3;5-10,14-15,21,25,29H,1,11-13H2,2-4H3/t49-,50-,57?,58?;21-,25?/m00/s1. The molecule has 0 radical (unpaired) electrons. The van der Waals surface area contributed by atoms with Gasteiger partial charge in [-0.15, -0.1) is 0 Å². The Morgan fingerprint density at radius 1 is 0.434 bits per heavy atom. The molecule has 6 aliphatic rings. The Balaban J connectivity index is 0.000000281. The second-order valence-corrected chi connectivity index (χ2v) is 26.6. The molecule has 0 saturated carbocycles. The lowest BCUT2D eigenvalue weighted by Crippen LogP contribution is -2.55. The van der Waals surface area contributed by atoms with Crippen LogP contribution in [0.15, 0.2) is 190 Å². The molecule has 113 heavy (non-hydrogen) atoms. The van der Waals surface area contributed by atoms with Crippen LogP contribution in [-0.4, -0.2) is 196 Å². The maximum absolute atomic E-state index is 14.6. The predicted molar refractivity (Wildman–Crippen MR) is 421 cm³/mol. The number of rotatable bonds is 24. The summed E-state index contributed by atoms with van der Waals surface area (Å²) in [6.45, 7) is 11.9. The van der Waals surface area contributed by atoms with Crippen molar-refractivity contribution in [2.24, 2.45) is 0 Å². The number of anilines is 3. The summed E-state index contributed by atoms with van der Waals surface area (Å²) in [5.41, 5.74) is 8.50. The van der Waals surface area contributed by atoms with E-state index in [0.717, 1.165) is 50.3 Å². The molecular formula is C86H90N6O21. The van der Waals surface area contributed by atoms with Crippen LogP contribution in [0.1, 0.15) is 78.2 Å². The van der Waals surface area contributed by atoms with Gasteiger partial charge in [0, 0.05) is 59.2 Å². The fourth-order valence-electron chi connectivity index (χ4n) is 14.8. The Labute approximate surface area is 655 Å². The van der Waals surface area contributed by atoms with E-state index in [1.54, 1.807) is 60.3 Å². The normalized spacial score (nSPS) is 18.7. The number of ether oxygens (including phenoxy) is 14. The van der Waals surface area contributed by atoms with Crippen molar-refractivity contribution >= 4 is 69.8 Å². The van der Waals surface area contributed by atoms with E-state index in [1.165, 1.54) is 87.7 Å². The molecule has 590 valence electrons. The van der Waals surface area contributed by atoms with E-state index in [-0.39, 0.29) is 119 Å². The first-order valence-electron chi connectivity index (χ1n) is 36.3. The Bertz CT molecular complexity index is 4630. The van der Waals surface area contributed by atoms with Crippen molar-refractivity contribution in [3.8, 4) is 51.7 Å². The number of hydrogen-bond acceptors (Lipinski definition) is 21. The van der Waals surface area contributed by atoms with Gasteiger partial charge < -0.3 is 86.1 Å². The van der Waals surface area contributed by atoms with Crippen LogP contribution >= 0.6 is 0 Å².